The second-order valence-electron chi connectivity index (χ2n) is 5.14. The van der Waals surface area contributed by atoms with Crippen molar-refractivity contribution in [1.82, 2.24) is 0 Å². The summed E-state index contributed by atoms with van der Waals surface area (Å²) in [5.74, 6) is 0.271. The van der Waals surface area contributed by atoms with E-state index >= 15 is 0 Å². The maximum atomic E-state index is 13.1. The highest BCUT2D eigenvalue weighted by molar-refractivity contribution is 6.33. The van der Waals surface area contributed by atoms with Crippen LogP contribution in [0.2, 0.25) is 10.0 Å². The molecule has 1 atom stereocenters. The van der Waals surface area contributed by atoms with Gasteiger partial charge in [0.25, 0.3) is 0 Å². The van der Waals surface area contributed by atoms with E-state index in [4.69, 9.17) is 23.2 Å². The predicted octanol–water partition coefficient (Wildman–Crippen LogP) is 5.70. The van der Waals surface area contributed by atoms with Crippen molar-refractivity contribution >= 4 is 28.9 Å². The minimum Gasteiger partial charge on any atom is -0.377 e. The molecule has 2 aromatic carbocycles. The minimum absolute atomic E-state index is 0.190. The molecule has 0 saturated heterocycles. The maximum absolute atomic E-state index is 13.1. The van der Waals surface area contributed by atoms with Gasteiger partial charge in [-0.3, -0.25) is 0 Å². The average Bonchev–Trinajstić information content (AvgIpc) is 3.24. The minimum atomic E-state index is -0.324. The standard InChI is InChI=1S/C16H14Cl2FN/c17-12-5-3-11(4-6-12)16(10-1-2-10)20-15-8-7-13(19)9-14(15)18/h3-10,16,20H,1-2H2. The molecule has 20 heavy (non-hydrogen) atoms. The van der Waals surface area contributed by atoms with Gasteiger partial charge in [-0.05, 0) is 54.7 Å². The number of halogens is 3. The third kappa shape index (κ3) is 3.08. The van der Waals surface area contributed by atoms with Gasteiger partial charge in [0.1, 0.15) is 5.82 Å². The number of benzene rings is 2. The van der Waals surface area contributed by atoms with Gasteiger partial charge in [0.2, 0.25) is 0 Å². The Morgan fingerprint density at radius 2 is 1.75 bits per heavy atom. The monoisotopic (exact) mass is 309 g/mol. The molecule has 0 radical (unpaired) electrons. The Hall–Kier alpha value is -1.25. The first kappa shape index (κ1) is 13.7. The van der Waals surface area contributed by atoms with E-state index in [0.29, 0.717) is 10.9 Å². The Morgan fingerprint density at radius 1 is 1.05 bits per heavy atom. The summed E-state index contributed by atoms with van der Waals surface area (Å²) in [6.07, 6.45) is 2.39. The summed E-state index contributed by atoms with van der Waals surface area (Å²) < 4.78 is 13.1. The molecule has 3 rings (SSSR count). The van der Waals surface area contributed by atoms with E-state index in [-0.39, 0.29) is 11.9 Å². The molecule has 0 aromatic heterocycles. The Morgan fingerprint density at radius 3 is 2.35 bits per heavy atom. The smallest absolute Gasteiger partial charge is 0.124 e. The SMILES string of the molecule is Fc1ccc(NC(c2ccc(Cl)cc2)C2CC2)c(Cl)c1. The summed E-state index contributed by atoms with van der Waals surface area (Å²) in [5, 5.41) is 4.56. The first-order valence-corrected chi connectivity index (χ1v) is 7.36. The number of hydrogen-bond donors (Lipinski definition) is 1. The highest BCUT2D eigenvalue weighted by atomic mass is 35.5. The van der Waals surface area contributed by atoms with Crippen LogP contribution in [0.3, 0.4) is 0 Å². The zero-order chi connectivity index (χ0) is 14.1. The third-order valence-electron chi connectivity index (χ3n) is 3.56. The van der Waals surface area contributed by atoms with Crippen LogP contribution in [-0.2, 0) is 0 Å². The van der Waals surface area contributed by atoms with Crippen molar-refractivity contribution < 1.29 is 4.39 Å². The third-order valence-corrected chi connectivity index (χ3v) is 4.13. The summed E-state index contributed by atoms with van der Waals surface area (Å²) in [7, 11) is 0. The van der Waals surface area contributed by atoms with Crippen molar-refractivity contribution in [3.63, 3.8) is 0 Å². The Kier molecular flexibility index (Phi) is 3.86. The van der Waals surface area contributed by atoms with Crippen LogP contribution >= 0.6 is 23.2 Å². The molecule has 104 valence electrons. The average molecular weight is 310 g/mol. The topological polar surface area (TPSA) is 12.0 Å². The van der Waals surface area contributed by atoms with Crippen LogP contribution in [0.15, 0.2) is 42.5 Å². The van der Waals surface area contributed by atoms with Crippen molar-refractivity contribution in [2.24, 2.45) is 5.92 Å². The molecule has 0 amide bonds. The lowest BCUT2D eigenvalue weighted by atomic mass is 10.0. The van der Waals surface area contributed by atoms with Crippen molar-refractivity contribution in [3.8, 4) is 0 Å². The Bertz CT molecular complexity index is 608. The van der Waals surface area contributed by atoms with Gasteiger partial charge >= 0.3 is 0 Å². The molecule has 0 aliphatic heterocycles. The van der Waals surface area contributed by atoms with Crippen molar-refractivity contribution in [2.75, 3.05) is 5.32 Å². The van der Waals surface area contributed by atoms with Crippen LogP contribution in [0.1, 0.15) is 24.4 Å². The molecular formula is C16H14Cl2FN. The second kappa shape index (κ2) is 5.63. The van der Waals surface area contributed by atoms with E-state index in [1.807, 2.05) is 24.3 Å². The largest absolute Gasteiger partial charge is 0.377 e. The fourth-order valence-corrected chi connectivity index (χ4v) is 2.69. The summed E-state index contributed by atoms with van der Waals surface area (Å²) in [6, 6.07) is 12.4. The molecule has 1 aliphatic carbocycles. The molecule has 1 unspecified atom stereocenters. The molecule has 1 nitrogen and oxygen atoms in total. The normalized spacial score (nSPS) is 15.9. The van der Waals surface area contributed by atoms with Crippen LogP contribution in [0.5, 0.6) is 0 Å². The Balaban J connectivity index is 1.86. The molecule has 1 N–H and O–H groups in total. The highest BCUT2D eigenvalue weighted by Crippen LogP contribution is 2.43. The summed E-state index contributed by atoms with van der Waals surface area (Å²) in [5.41, 5.74) is 1.94. The van der Waals surface area contributed by atoms with Gasteiger partial charge in [0, 0.05) is 5.02 Å². The van der Waals surface area contributed by atoms with Crippen LogP contribution < -0.4 is 5.32 Å². The van der Waals surface area contributed by atoms with Gasteiger partial charge in [-0.15, -0.1) is 0 Å². The molecule has 0 heterocycles. The van der Waals surface area contributed by atoms with E-state index in [1.54, 1.807) is 6.07 Å². The molecule has 1 aliphatic rings. The zero-order valence-electron chi connectivity index (χ0n) is 10.7. The van der Waals surface area contributed by atoms with Gasteiger partial charge in [-0.2, -0.15) is 0 Å². The maximum Gasteiger partial charge on any atom is 0.124 e. The van der Waals surface area contributed by atoms with Gasteiger partial charge in [0.15, 0.2) is 0 Å². The molecule has 0 spiro atoms. The second-order valence-corrected chi connectivity index (χ2v) is 5.98. The van der Waals surface area contributed by atoms with E-state index < -0.39 is 0 Å². The fourth-order valence-electron chi connectivity index (χ4n) is 2.35. The molecule has 1 saturated carbocycles. The molecule has 2 aromatic rings. The lowest BCUT2D eigenvalue weighted by Gasteiger charge is -2.21. The van der Waals surface area contributed by atoms with Crippen molar-refractivity contribution in [3.05, 3.63) is 63.9 Å². The van der Waals surface area contributed by atoms with Gasteiger partial charge in [-0.1, -0.05) is 35.3 Å². The van der Waals surface area contributed by atoms with E-state index in [1.165, 1.54) is 30.5 Å². The molecular weight excluding hydrogens is 296 g/mol. The number of anilines is 1. The Labute approximate surface area is 127 Å². The van der Waals surface area contributed by atoms with Gasteiger partial charge in [-0.25, -0.2) is 4.39 Å². The fraction of sp³-hybridized carbons (Fsp3) is 0.250. The highest BCUT2D eigenvalue weighted by Gasteiger charge is 2.32. The van der Waals surface area contributed by atoms with Crippen LogP contribution in [0.4, 0.5) is 10.1 Å². The van der Waals surface area contributed by atoms with Gasteiger partial charge in [0.05, 0.1) is 16.8 Å². The van der Waals surface area contributed by atoms with Crippen LogP contribution in [-0.4, -0.2) is 0 Å². The van der Waals surface area contributed by atoms with E-state index in [2.05, 4.69) is 5.32 Å². The lowest BCUT2D eigenvalue weighted by molar-refractivity contribution is 0.627. The number of nitrogens with one attached hydrogen (secondary N) is 1. The number of hydrogen-bond acceptors (Lipinski definition) is 1. The quantitative estimate of drug-likeness (QED) is 0.764. The summed E-state index contributed by atoms with van der Waals surface area (Å²) >= 11 is 12.0. The van der Waals surface area contributed by atoms with Crippen molar-refractivity contribution in [2.45, 2.75) is 18.9 Å². The summed E-state index contributed by atoms with van der Waals surface area (Å²) in [4.78, 5) is 0. The first-order valence-electron chi connectivity index (χ1n) is 6.60. The first-order chi connectivity index (χ1) is 9.63. The lowest BCUT2D eigenvalue weighted by Crippen LogP contribution is -2.13. The summed E-state index contributed by atoms with van der Waals surface area (Å²) in [6.45, 7) is 0. The van der Waals surface area contributed by atoms with Gasteiger partial charge < -0.3 is 5.32 Å². The van der Waals surface area contributed by atoms with Crippen LogP contribution in [0.25, 0.3) is 0 Å². The molecule has 0 bridgehead atoms. The van der Waals surface area contributed by atoms with Crippen LogP contribution in [0, 0.1) is 11.7 Å². The predicted molar refractivity (Wildman–Crippen MR) is 81.9 cm³/mol. The van der Waals surface area contributed by atoms with E-state index in [9.17, 15) is 4.39 Å². The zero-order valence-corrected chi connectivity index (χ0v) is 12.3. The number of rotatable bonds is 4. The molecule has 1 fully saturated rings. The van der Waals surface area contributed by atoms with E-state index in [0.717, 1.165) is 10.7 Å². The van der Waals surface area contributed by atoms with Crippen molar-refractivity contribution in [1.29, 1.82) is 0 Å². The molecule has 4 heteroatoms.